The number of ether oxygens (including phenoxy) is 3. The van der Waals surface area contributed by atoms with Crippen LogP contribution in [0.25, 0.3) is 0 Å². The van der Waals surface area contributed by atoms with Crippen LogP contribution < -0.4 is 19.7 Å². The quantitative estimate of drug-likeness (QED) is 0.901. The lowest BCUT2D eigenvalue weighted by atomic mass is 10.0. The van der Waals surface area contributed by atoms with E-state index in [2.05, 4.69) is 16.3 Å². The number of alkyl carbamates (subject to hydrolysis) is 1. The monoisotopic (exact) mass is 334 g/mol. The van der Waals surface area contributed by atoms with Gasteiger partial charge in [0.1, 0.15) is 18.8 Å². The number of nitrogens with zero attached hydrogens (tertiary/aromatic N) is 1. The van der Waals surface area contributed by atoms with E-state index in [9.17, 15) is 4.79 Å². The molecule has 24 heavy (non-hydrogen) atoms. The van der Waals surface area contributed by atoms with E-state index in [1.807, 2.05) is 32.9 Å². The zero-order valence-corrected chi connectivity index (χ0v) is 14.6. The van der Waals surface area contributed by atoms with Crippen LogP contribution >= 0.6 is 0 Å². The van der Waals surface area contributed by atoms with E-state index in [0.29, 0.717) is 13.2 Å². The number of nitrogens with one attached hydrogen (secondary N) is 1. The van der Waals surface area contributed by atoms with Crippen LogP contribution in [0.3, 0.4) is 0 Å². The molecule has 0 saturated carbocycles. The first kappa shape index (κ1) is 16.7. The summed E-state index contributed by atoms with van der Waals surface area (Å²) in [7, 11) is 0. The second-order valence-electron chi connectivity index (χ2n) is 7.24. The fourth-order valence-corrected chi connectivity index (χ4v) is 2.98. The van der Waals surface area contributed by atoms with Crippen molar-refractivity contribution in [3.63, 3.8) is 0 Å². The molecule has 1 saturated heterocycles. The van der Waals surface area contributed by atoms with Gasteiger partial charge in [-0.25, -0.2) is 4.79 Å². The number of carbonyl (C=O) groups excluding carboxylic acids is 1. The Morgan fingerprint density at radius 2 is 1.83 bits per heavy atom. The Kier molecular flexibility index (Phi) is 4.73. The molecular weight excluding hydrogens is 308 g/mol. The van der Waals surface area contributed by atoms with Crippen LogP contribution in [0.4, 0.5) is 10.5 Å². The Bertz CT molecular complexity index is 589. The van der Waals surface area contributed by atoms with E-state index >= 15 is 0 Å². The lowest BCUT2D eigenvalue weighted by Gasteiger charge is -2.34. The predicted molar refractivity (Wildman–Crippen MR) is 92.0 cm³/mol. The first-order valence-electron chi connectivity index (χ1n) is 8.55. The van der Waals surface area contributed by atoms with E-state index in [1.54, 1.807) is 0 Å². The Morgan fingerprint density at radius 1 is 1.17 bits per heavy atom. The highest BCUT2D eigenvalue weighted by molar-refractivity contribution is 5.68. The first-order valence-corrected chi connectivity index (χ1v) is 8.55. The summed E-state index contributed by atoms with van der Waals surface area (Å²) >= 11 is 0. The SMILES string of the molecule is CC(C)(C)OC(=O)NC1CCN(c2ccc3c(c2)OCCO3)CC1. The molecule has 132 valence electrons. The van der Waals surface area contributed by atoms with Crippen LogP contribution in [0.2, 0.25) is 0 Å². The van der Waals surface area contributed by atoms with Gasteiger partial charge >= 0.3 is 6.09 Å². The maximum atomic E-state index is 11.9. The summed E-state index contributed by atoms with van der Waals surface area (Å²) < 4.78 is 16.5. The molecule has 0 aliphatic carbocycles. The zero-order valence-electron chi connectivity index (χ0n) is 14.6. The molecule has 2 aliphatic rings. The smallest absolute Gasteiger partial charge is 0.407 e. The molecule has 0 radical (unpaired) electrons. The zero-order chi connectivity index (χ0) is 17.2. The fraction of sp³-hybridized carbons (Fsp3) is 0.611. The Labute approximate surface area is 143 Å². The highest BCUT2D eigenvalue weighted by Crippen LogP contribution is 2.34. The molecule has 0 bridgehead atoms. The van der Waals surface area contributed by atoms with Crippen LogP contribution in [0, 0.1) is 0 Å². The lowest BCUT2D eigenvalue weighted by molar-refractivity contribution is 0.0497. The largest absolute Gasteiger partial charge is 0.486 e. The van der Waals surface area contributed by atoms with Gasteiger partial charge in [0.15, 0.2) is 11.5 Å². The molecule has 6 heteroatoms. The number of carbonyl (C=O) groups is 1. The summed E-state index contributed by atoms with van der Waals surface area (Å²) in [6.07, 6.45) is 1.46. The van der Waals surface area contributed by atoms with Gasteiger partial charge in [-0.15, -0.1) is 0 Å². The number of hydrogen-bond donors (Lipinski definition) is 1. The summed E-state index contributed by atoms with van der Waals surface area (Å²) in [6.45, 7) is 8.60. The molecule has 6 nitrogen and oxygen atoms in total. The molecular formula is C18H26N2O4. The highest BCUT2D eigenvalue weighted by Gasteiger charge is 2.24. The topological polar surface area (TPSA) is 60.0 Å². The van der Waals surface area contributed by atoms with Crippen molar-refractivity contribution in [2.45, 2.75) is 45.3 Å². The molecule has 2 aliphatic heterocycles. The van der Waals surface area contributed by atoms with Crippen molar-refractivity contribution in [2.24, 2.45) is 0 Å². The Hall–Kier alpha value is -2.11. The number of amides is 1. The third-order valence-corrected chi connectivity index (χ3v) is 4.11. The van der Waals surface area contributed by atoms with Crippen molar-refractivity contribution in [1.29, 1.82) is 0 Å². The number of fused-ring (bicyclic) bond motifs is 1. The maximum absolute atomic E-state index is 11.9. The van der Waals surface area contributed by atoms with Crippen molar-refractivity contribution < 1.29 is 19.0 Å². The van der Waals surface area contributed by atoms with Crippen LogP contribution in [0.5, 0.6) is 11.5 Å². The van der Waals surface area contributed by atoms with Crippen LogP contribution in [-0.4, -0.2) is 44.0 Å². The Morgan fingerprint density at radius 3 is 2.50 bits per heavy atom. The van der Waals surface area contributed by atoms with E-state index in [0.717, 1.165) is 43.1 Å². The average molecular weight is 334 g/mol. The number of hydrogen-bond acceptors (Lipinski definition) is 5. The van der Waals surface area contributed by atoms with E-state index in [1.165, 1.54) is 0 Å². The molecule has 1 N–H and O–H groups in total. The van der Waals surface area contributed by atoms with Gasteiger partial charge in [-0.1, -0.05) is 0 Å². The third kappa shape index (κ3) is 4.24. The van der Waals surface area contributed by atoms with E-state index in [4.69, 9.17) is 14.2 Å². The molecule has 2 heterocycles. The van der Waals surface area contributed by atoms with Crippen LogP contribution in [0.15, 0.2) is 18.2 Å². The summed E-state index contributed by atoms with van der Waals surface area (Å²) in [5.74, 6) is 1.62. The average Bonchev–Trinajstić information content (AvgIpc) is 2.53. The molecule has 1 amide bonds. The van der Waals surface area contributed by atoms with Gasteiger partial charge in [-0.2, -0.15) is 0 Å². The molecule has 0 atom stereocenters. The second-order valence-corrected chi connectivity index (χ2v) is 7.24. The molecule has 1 aromatic carbocycles. The van der Waals surface area contributed by atoms with Crippen molar-refractivity contribution in [3.05, 3.63) is 18.2 Å². The summed E-state index contributed by atoms with van der Waals surface area (Å²) in [5, 5.41) is 2.96. The van der Waals surface area contributed by atoms with Crippen LogP contribution in [-0.2, 0) is 4.74 Å². The fourth-order valence-electron chi connectivity index (χ4n) is 2.98. The molecule has 0 unspecified atom stereocenters. The molecule has 1 aromatic rings. The van der Waals surface area contributed by atoms with Gasteiger partial charge in [0.05, 0.1) is 0 Å². The normalized spacial score (nSPS) is 18.2. The number of piperidine rings is 1. The lowest BCUT2D eigenvalue weighted by Crippen LogP contribution is -2.46. The standard InChI is InChI=1S/C18H26N2O4/c1-18(2,3)24-17(21)19-13-6-8-20(9-7-13)14-4-5-15-16(12-14)23-11-10-22-15/h4-5,12-13H,6-11H2,1-3H3,(H,19,21). The van der Waals surface area contributed by atoms with Crippen molar-refractivity contribution in [1.82, 2.24) is 5.32 Å². The van der Waals surface area contributed by atoms with Crippen molar-refractivity contribution >= 4 is 11.8 Å². The first-order chi connectivity index (χ1) is 11.4. The number of rotatable bonds is 2. The van der Waals surface area contributed by atoms with Gasteiger partial charge in [-0.3, -0.25) is 0 Å². The van der Waals surface area contributed by atoms with Crippen molar-refractivity contribution in [3.8, 4) is 11.5 Å². The van der Waals surface area contributed by atoms with Gasteiger partial charge < -0.3 is 24.4 Å². The maximum Gasteiger partial charge on any atom is 0.407 e. The van der Waals surface area contributed by atoms with Gasteiger partial charge in [0.25, 0.3) is 0 Å². The van der Waals surface area contributed by atoms with Crippen LogP contribution in [0.1, 0.15) is 33.6 Å². The summed E-state index contributed by atoms with van der Waals surface area (Å²) in [6, 6.07) is 6.23. The van der Waals surface area contributed by atoms with Crippen molar-refractivity contribution in [2.75, 3.05) is 31.2 Å². The van der Waals surface area contributed by atoms with Gasteiger partial charge in [-0.05, 0) is 45.7 Å². The molecule has 3 rings (SSSR count). The minimum atomic E-state index is -0.462. The highest BCUT2D eigenvalue weighted by atomic mass is 16.6. The predicted octanol–water partition coefficient (Wildman–Crippen LogP) is 2.95. The van der Waals surface area contributed by atoms with E-state index in [-0.39, 0.29) is 12.1 Å². The van der Waals surface area contributed by atoms with Gasteiger partial charge in [0, 0.05) is 30.9 Å². The molecule has 1 fully saturated rings. The van der Waals surface area contributed by atoms with Gasteiger partial charge in [0.2, 0.25) is 0 Å². The summed E-state index contributed by atoms with van der Waals surface area (Å²) in [4.78, 5) is 14.2. The second kappa shape index (κ2) is 6.79. The number of benzene rings is 1. The van der Waals surface area contributed by atoms with E-state index < -0.39 is 5.60 Å². The summed E-state index contributed by atoms with van der Waals surface area (Å²) in [5.41, 5.74) is 0.672. The Balaban J connectivity index is 1.53. The molecule has 0 spiro atoms. The molecule has 0 aromatic heterocycles. The minimum absolute atomic E-state index is 0.160. The third-order valence-electron chi connectivity index (χ3n) is 4.11. The number of anilines is 1. The minimum Gasteiger partial charge on any atom is -0.486 e.